The van der Waals surface area contributed by atoms with Gasteiger partial charge in [0.15, 0.2) is 0 Å². The third-order valence-electron chi connectivity index (χ3n) is 1.04. The molecule has 0 aromatic heterocycles. The van der Waals surface area contributed by atoms with E-state index in [2.05, 4.69) is 0 Å². The van der Waals surface area contributed by atoms with Crippen molar-refractivity contribution >= 4 is 11.6 Å². The van der Waals surface area contributed by atoms with Crippen LogP contribution in [0.3, 0.4) is 0 Å². The highest BCUT2D eigenvalue weighted by molar-refractivity contribution is 6.17. The van der Waals surface area contributed by atoms with E-state index in [9.17, 15) is 0 Å². The van der Waals surface area contributed by atoms with Crippen LogP contribution >= 0.6 is 11.6 Å². The van der Waals surface area contributed by atoms with Crippen LogP contribution in [0.4, 0.5) is 0 Å². The summed E-state index contributed by atoms with van der Waals surface area (Å²) in [6.07, 6.45) is 0.328. The summed E-state index contributed by atoms with van der Waals surface area (Å²) in [5.41, 5.74) is 0. The molecule has 0 atom stereocenters. The summed E-state index contributed by atoms with van der Waals surface area (Å²) in [5.74, 6) is 0.580. The Labute approximate surface area is 53.7 Å². The standard InChI is InChI=1S/C5H9ClO2/c6-1-2-8-5-3-7-4-5/h5H,1-4H2. The molecule has 1 aliphatic rings. The van der Waals surface area contributed by atoms with Crippen LogP contribution in [-0.2, 0) is 9.47 Å². The second kappa shape index (κ2) is 3.28. The van der Waals surface area contributed by atoms with Crippen molar-refractivity contribution in [2.24, 2.45) is 0 Å². The maximum absolute atomic E-state index is 5.36. The van der Waals surface area contributed by atoms with E-state index in [0.29, 0.717) is 18.6 Å². The molecule has 0 bridgehead atoms. The molecular weight excluding hydrogens is 128 g/mol. The monoisotopic (exact) mass is 136 g/mol. The van der Waals surface area contributed by atoms with Crippen LogP contribution in [0, 0.1) is 0 Å². The van der Waals surface area contributed by atoms with Gasteiger partial charge >= 0.3 is 0 Å². The summed E-state index contributed by atoms with van der Waals surface area (Å²) in [4.78, 5) is 0. The molecule has 0 spiro atoms. The molecule has 1 heterocycles. The van der Waals surface area contributed by atoms with Crippen molar-refractivity contribution in [2.45, 2.75) is 6.10 Å². The van der Waals surface area contributed by atoms with Gasteiger partial charge in [-0.3, -0.25) is 0 Å². The number of rotatable bonds is 3. The molecule has 8 heavy (non-hydrogen) atoms. The molecule has 2 nitrogen and oxygen atoms in total. The fourth-order valence-electron chi connectivity index (χ4n) is 0.522. The van der Waals surface area contributed by atoms with Gasteiger partial charge in [0.2, 0.25) is 0 Å². The molecule has 0 unspecified atom stereocenters. The van der Waals surface area contributed by atoms with E-state index in [4.69, 9.17) is 21.1 Å². The maximum atomic E-state index is 5.36. The van der Waals surface area contributed by atoms with E-state index < -0.39 is 0 Å². The molecule has 0 amide bonds. The first-order valence-corrected chi connectivity index (χ1v) is 3.22. The zero-order chi connectivity index (χ0) is 5.82. The minimum Gasteiger partial charge on any atom is -0.376 e. The Morgan fingerprint density at radius 2 is 2.38 bits per heavy atom. The predicted octanol–water partition coefficient (Wildman–Crippen LogP) is 0.641. The van der Waals surface area contributed by atoms with Crippen molar-refractivity contribution in [3.05, 3.63) is 0 Å². The topological polar surface area (TPSA) is 18.5 Å². The lowest BCUT2D eigenvalue weighted by molar-refractivity contribution is -0.126. The van der Waals surface area contributed by atoms with Crippen LogP contribution < -0.4 is 0 Å². The molecule has 1 fully saturated rings. The van der Waals surface area contributed by atoms with Crippen LogP contribution in [0.1, 0.15) is 0 Å². The van der Waals surface area contributed by atoms with Gasteiger partial charge < -0.3 is 9.47 Å². The van der Waals surface area contributed by atoms with Gasteiger partial charge in [0.05, 0.1) is 19.8 Å². The Morgan fingerprint density at radius 1 is 1.62 bits per heavy atom. The van der Waals surface area contributed by atoms with E-state index in [1.54, 1.807) is 0 Å². The fourth-order valence-corrected chi connectivity index (χ4v) is 0.611. The minimum absolute atomic E-state index is 0.328. The third kappa shape index (κ3) is 1.62. The molecule has 0 aromatic rings. The Balaban J connectivity index is 1.86. The van der Waals surface area contributed by atoms with Crippen molar-refractivity contribution in [1.29, 1.82) is 0 Å². The van der Waals surface area contributed by atoms with E-state index in [1.165, 1.54) is 0 Å². The fraction of sp³-hybridized carbons (Fsp3) is 1.00. The summed E-state index contributed by atoms with van der Waals surface area (Å²) < 4.78 is 10.0. The molecule has 0 aliphatic carbocycles. The molecule has 1 saturated heterocycles. The largest absolute Gasteiger partial charge is 0.376 e. The zero-order valence-electron chi connectivity index (χ0n) is 4.60. The lowest BCUT2D eigenvalue weighted by Gasteiger charge is -2.25. The lowest BCUT2D eigenvalue weighted by atomic mass is 10.3. The van der Waals surface area contributed by atoms with E-state index >= 15 is 0 Å². The average Bonchev–Trinajstić information content (AvgIpc) is 1.63. The van der Waals surface area contributed by atoms with Gasteiger partial charge in [-0.05, 0) is 0 Å². The lowest BCUT2D eigenvalue weighted by Crippen LogP contribution is -2.36. The van der Waals surface area contributed by atoms with Crippen LogP contribution in [-0.4, -0.2) is 31.8 Å². The molecule has 0 radical (unpaired) electrons. The SMILES string of the molecule is ClCCOC1COC1. The zero-order valence-corrected chi connectivity index (χ0v) is 5.36. The second-order valence-electron chi connectivity index (χ2n) is 1.72. The van der Waals surface area contributed by atoms with Crippen molar-refractivity contribution in [1.82, 2.24) is 0 Å². The second-order valence-corrected chi connectivity index (χ2v) is 2.10. The van der Waals surface area contributed by atoms with Gasteiger partial charge in [-0.25, -0.2) is 0 Å². The summed E-state index contributed by atoms with van der Waals surface area (Å²) in [6, 6.07) is 0. The van der Waals surface area contributed by atoms with Gasteiger partial charge in [0.1, 0.15) is 6.10 Å². The summed E-state index contributed by atoms with van der Waals surface area (Å²) in [5, 5.41) is 0. The quantitative estimate of drug-likeness (QED) is 0.531. The van der Waals surface area contributed by atoms with Gasteiger partial charge in [-0.15, -0.1) is 11.6 Å². The highest BCUT2D eigenvalue weighted by atomic mass is 35.5. The molecule has 48 valence electrons. The number of hydrogen-bond donors (Lipinski definition) is 0. The first kappa shape index (κ1) is 6.33. The maximum Gasteiger partial charge on any atom is 0.104 e. The summed E-state index contributed by atoms with van der Waals surface area (Å²) in [6.45, 7) is 2.14. The van der Waals surface area contributed by atoms with Crippen LogP contribution in [0.5, 0.6) is 0 Å². The van der Waals surface area contributed by atoms with Crippen molar-refractivity contribution < 1.29 is 9.47 Å². The first-order chi connectivity index (χ1) is 3.93. The Morgan fingerprint density at radius 3 is 2.75 bits per heavy atom. The van der Waals surface area contributed by atoms with E-state index in [0.717, 1.165) is 13.2 Å². The Bertz CT molecular complexity index is 63.4. The molecule has 3 heteroatoms. The number of halogens is 1. The third-order valence-corrected chi connectivity index (χ3v) is 1.19. The van der Waals surface area contributed by atoms with Crippen molar-refractivity contribution in [3.8, 4) is 0 Å². The summed E-state index contributed by atoms with van der Waals surface area (Å²) >= 11 is 5.36. The molecular formula is C5H9ClO2. The molecule has 0 aromatic carbocycles. The first-order valence-electron chi connectivity index (χ1n) is 2.69. The summed E-state index contributed by atoms with van der Waals surface area (Å²) in [7, 11) is 0. The van der Waals surface area contributed by atoms with Crippen molar-refractivity contribution in [2.75, 3.05) is 25.7 Å². The van der Waals surface area contributed by atoms with Gasteiger partial charge in [0, 0.05) is 5.88 Å². The van der Waals surface area contributed by atoms with E-state index in [1.807, 2.05) is 0 Å². The van der Waals surface area contributed by atoms with Gasteiger partial charge in [-0.1, -0.05) is 0 Å². The molecule has 0 saturated carbocycles. The van der Waals surface area contributed by atoms with E-state index in [-0.39, 0.29) is 0 Å². The minimum atomic E-state index is 0.328. The Kier molecular flexibility index (Phi) is 2.59. The molecule has 1 rings (SSSR count). The van der Waals surface area contributed by atoms with Crippen molar-refractivity contribution in [3.63, 3.8) is 0 Å². The predicted molar refractivity (Wildman–Crippen MR) is 31.3 cm³/mol. The normalized spacial score (nSPS) is 20.6. The number of alkyl halides is 1. The van der Waals surface area contributed by atoms with Gasteiger partial charge in [-0.2, -0.15) is 0 Å². The molecule has 0 N–H and O–H groups in total. The highest BCUT2D eigenvalue weighted by Gasteiger charge is 2.17. The number of ether oxygens (including phenoxy) is 2. The average molecular weight is 137 g/mol. The highest BCUT2D eigenvalue weighted by Crippen LogP contribution is 2.04. The Hall–Kier alpha value is 0.210. The van der Waals surface area contributed by atoms with Crippen LogP contribution in [0.25, 0.3) is 0 Å². The number of hydrogen-bond acceptors (Lipinski definition) is 2. The van der Waals surface area contributed by atoms with Crippen LogP contribution in [0.2, 0.25) is 0 Å². The van der Waals surface area contributed by atoms with Gasteiger partial charge in [0.25, 0.3) is 0 Å². The molecule has 1 aliphatic heterocycles. The smallest absolute Gasteiger partial charge is 0.104 e. The van der Waals surface area contributed by atoms with Crippen LogP contribution in [0.15, 0.2) is 0 Å².